The zero-order valence-electron chi connectivity index (χ0n) is 11.4. The van der Waals surface area contributed by atoms with Crippen LogP contribution in [0.15, 0.2) is 12.1 Å². The van der Waals surface area contributed by atoms with Gasteiger partial charge in [-0.1, -0.05) is 11.6 Å². The van der Waals surface area contributed by atoms with Crippen molar-refractivity contribution in [3.63, 3.8) is 0 Å². The summed E-state index contributed by atoms with van der Waals surface area (Å²) in [4.78, 5) is 0. The van der Waals surface area contributed by atoms with Gasteiger partial charge < -0.3 is 19.5 Å². The van der Waals surface area contributed by atoms with Gasteiger partial charge in [-0.3, -0.25) is 0 Å². The Morgan fingerprint density at radius 3 is 2.11 bits per heavy atom. The van der Waals surface area contributed by atoms with Gasteiger partial charge in [-0.05, 0) is 13.8 Å². The predicted molar refractivity (Wildman–Crippen MR) is 74.1 cm³/mol. The molecule has 0 spiro atoms. The topological polar surface area (TPSA) is 39.7 Å². The van der Waals surface area contributed by atoms with Gasteiger partial charge in [0.25, 0.3) is 0 Å². The van der Waals surface area contributed by atoms with E-state index < -0.39 is 0 Å². The predicted octanol–water partition coefficient (Wildman–Crippen LogP) is 3.19. The first-order valence-corrected chi connectivity index (χ1v) is 6.12. The first-order valence-electron chi connectivity index (χ1n) is 5.74. The summed E-state index contributed by atoms with van der Waals surface area (Å²) >= 11 is 6.19. The van der Waals surface area contributed by atoms with Crippen molar-refractivity contribution in [3.8, 4) is 11.5 Å². The Hall–Kier alpha value is -1.13. The molecule has 2 atom stereocenters. The number of ether oxygens (including phenoxy) is 3. The second-order valence-corrected chi connectivity index (χ2v) is 4.47. The van der Waals surface area contributed by atoms with Crippen molar-refractivity contribution in [1.29, 1.82) is 0 Å². The lowest BCUT2D eigenvalue weighted by molar-refractivity contribution is 0.106. The maximum atomic E-state index is 6.19. The van der Waals surface area contributed by atoms with E-state index in [-0.39, 0.29) is 12.1 Å². The minimum Gasteiger partial charge on any atom is -0.493 e. The van der Waals surface area contributed by atoms with Crippen molar-refractivity contribution in [3.05, 3.63) is 17.2 Å². The molecule has 0 aliphatic heterocycles. The maximum absolute atomic E-state index is 6.19. The first-order chi connectivity index (χ1) is 8.53. The van der Waals surface area contributed by atoms with E-state index in [9.17, 15) is 0 Å². The van der Waals surface area contributed by atoms with Crippen LogP contribution in [0.2, 0.25) is 5.02 Å². The number of hydrogen-bond donors (Lipinski definition) is 1. The van der Waals surface area contributed by atoms with Crippen molar-refractivity contribution in [2.45, 2.75) is 26.0 Å². The summed E-state index contributed by atoms with van der Waals surface area (Å²) in [6, 6.07) is 3.68. The van der Waals surface area contributed by atoms with Gasteiger partial charge in [0.2, 0.25) is 0 Å². The highest BCUT2D eigenvalue weighted by molar-refractivity contribution is 6.33. The summed E-state index contributed by atoms with van der Waals surface area (Å²) < 4.78 is 15.7. The van der Waals surface area contributed by atoms with Gasteiger partial charge in [-0.15, -0.1) is 0 Å². The number of halogens is 1. The molecule has 2 unspecified atom stereocenters. The Balaban J connectivity index is 2.95. The van der Waals surface area contributed by atoms with Crippen molar-refractivity contribution in [2.75, 3.05) is 26.6 Å². The molecule has 1 aromatic carbocycles. The van der Waals surface area contributed by atoms with Crippen LogP contribution < -0.4 is 14.8 Å². The Bertz CT molecular complexity index is 398. The number of anilines is 1. The van der Waals surface area contributed by atoms with Crippen LogP contribution in [0.3, 0.4) is 0 Å². The molecular formula is C13H20ClNO3. The van der Waals surface area contributed by atoms with E-state index in [2.05, 4.69) is 5.32 Å². The van der Waals surface area contributed by atoms with Crippen molar-refractivity contribution in [2.24, 2.45) is 0 Å². The van der Waals surface area contributed by atoms with E-state index in [1.54, 1.807) is 27.4 Å². The van der Waals surface area contributed by atoms with Crippen molar-refractivity contribution >= 4 is 17.3 Å². The monoisotopic (exact) mass is 273 g/mol. The Morgan fingerprint density at radius 2 is 1.61 bits per heavy atom. The molecule has 5 heteroatoms. The van der Waals surface area contributed by atoms with Crippen LogP contribution in [0.25, 0.3) is 0 Å². The number of nitrogens with one attached hydrogen (secondary N) is 1. The SMILES string of the molecule is COc1cc(Cl)c(NC(C)C(C)OC)cc1OC. The fraction of sp³-hybridized carbons (Fsp3) is 0.538. The summed E-state index contributed by atoms with van der Waals surface area (Å²) in [5.74, 6) is 1.25. The van der Waals surface area contributed by atoms with Crippen LogP contribution in [0.1, 0.15) is 13.8 Å². The van der Waals surface area contributed by atoms with Crippen LogP contribution in [0, 0.1) is 0 Å². The van der Waals surface area contributed by atoms with E-state index >= 15 is 0 Å². The van der Waals surface area contributed by atoms with Crippen LogP contribution in [0.4, 0.5) is 5.69 Å². The highest BCUT2D eigenvalue weighted by atomic mass is 35.5. The Morgan fingerprint density at radius 1 is 1.06 bits per heavy atom. The first kappa shape index (κ1) is 14.9. The summed E-state index contributed by atoms with van der Waals surface area (Å²) in [5, 5.41) is 3.88. The van der Waals surface area contributed by atoms with Gasteiger partial charge in [-0.2, -0.15) is 0 Å². The number of rotatable bonds is 6. The van der Waals surface area contributed by atoms with Gasteiger partial charge in [0, 0.05) is 25.3 Å². The van der Waals surface area contributed by atoms with Crippen LogP contribution >= 0.6 is 11.6 Å². The molecule has 0 aromatic heterocycles. The summed E-state index contributed by atoms with van der Waals surface area (Å²) in [6.07, 6.45) is 0.0779. The molecule has 1 N–H and O–H groups in total. The number of methoxy groups -OCH3 is 3. The third-order valence-electron chi connectivity index (χ3n) is 2.93. The molecule has 0 heterocycles. The molecule has 102 valence electrons. The highest BCUT2D eigenvalue weighted by Gasteiger charge is 2.15. The maximum Gasteiger partial charge on any atom is 0.162 e. The standard InChI is InChI=1S/C13H20ClNO3/c1-8(9(2)16-3)15-11-7-13(18-5)12(17-4)6-10(11)14/h6-9,15H,1-5H3. The average molecular weight is 274 g/mol. The quantitative estimate of drug-likeness (QED) is 0.864. The Labute approximate surface area is 113 Å². The van der Waals surface area contributed by atoms with E-state index in [0.29, 0.717) is 16.5 Å². The lowest BCUT2D eigenvalue weighted by Crippen LogP contribution is -2.29. The molecule has 0 fully saturated rings. The molecule has 0 radical (unpaired) electrons. The fourth-order valence-corrected chi connectivity index (χ4v) is 1.74. The van der Waals surface area contributed by atoms with Crippen LogP contribution in [-0.2, 0) is 4.74 Å². The van der Waals surface area contributed by atoms with Crippen molar-refractivity contribution in [1.82, 2.24) is 0 Å². The summed E-state index contributed by atoms with van der Waals surface area (Å²) in [6.45, 7) is 4.02. The smallest absolute Gasteiger partial charge is 0.162 e. The second kappa shape index (κ2) is 6.71. The molecule has 0 bridgehead atoms. The molecule has 0 amide bonds. The zero-order chi connectivity index (χ0) is 13.7. The lowest BCUT2D eigenvalue weighted by Gasteiger charge is -2.22. The third kappa shape index (κ3) is 3.43. The van der Waals surface area contributed by atoms with Gasteiger partial charge in [0.1, 0.15) is 0 Å². The summed E-state index contributed by atoms with van der Waals surface area (Å²) in [5.41, 5.74) is 0.797. The average Bonchev–Trinajstić information content (AvgIpc) is 2.39. The number of benzene rings is 1. The fourth-order valence-electron chi connectivity index (χ4n) is 1.53. The van der Waals surface area contributed by atoms with Crippen molar-refractivity contribution < 1.29 is 14.2 Å². The van der Waals surface area contributed by atoms with E-state index in [1.165, 1.54) is 0 Å². The molecular weight excluding hydrogens is 254 g/mol. The molecule has 0 saturated carbocycles. The third-order valence-corrected chi connectivity index (χ3v) is 3.25. The van der Waals surface area contributed by atoms with E-state index in [4.69, 9.17) is 25.8 Å². The van der Waals surface area contributed by atoms with E-state index in [1.807, 2.05) is 19.9 Å². The molecule has 0 aliphatic rings. The molecule has 1 aromatic rings. The Kier molecular flexibility index (Phi) is 5.56. The zero-order valence-corrected chi connectivity index (χ0v) is 12.2. The molecule has 4 nitrogen and oxygen atoms in total. The largest absolute Gasteiger partial charge is 0.493 e. The number of hydrogen-bond acceptors (Lipinski definition) is 4. The molecule has 18 heavy (non-hydrogen) atoms. The van der Waals surface area contributed by atoms with Gasteiger partial charge in [0.05, 0.1) is 31.0 Å². The minimum atomic E-state index is 0.0779. The van der Waals surface area contributed by atoms with E-state index in [0.717, 1.165) is 5.69 Å². The second-order valence-electron chi connectivity index (χ2n) is 4.06. The minimum absolute atomic E-state index is 0.0779. The highest BCUT2D eigenvalue weighted by Crippen LogP contribution is 2.36. The molecule has 1 rings (SSSR count). The summed E-state index contributed by atoms with van der Waals surface area (Å²) in [7, 11) is 4.85. The lowest BCUT2D eigenvalue weighted by atomic mass is 10.2. The van der Waals surface area contributed by atoms with Gasteiger partial charge in [0.15, 0.2) is 11.5 Å². The van der Waals surface area contributed by atoms with Crippen LogP contribution in [-0.4, -0.2) is 33.5 Å². The van der Waals surface area contributed by atoms with Crippen LogP contribution in [0.5, 0.6) is 11.5 Å². The van der Waals surface area contributed by atoms with Gasteiger partial charge >= 0.3 is 0 Å². The molecule has 0 aliphatic carbocycles. The van der Waals surface area contributed by atoms with Gasteiger partial charge in [-0.25, -0.2) is 0 Å². The normalized spacial score (nSPS) is 13.9. The molecule has 0 saturated heterocycles.